The molecule has 0 aliphatic heterocycles. The summed E-state index contributed by atoms with van der Waals surface area (Å²) in [4.78, 5) is 20.1. The molecule has 2 heterocycles. The second-order valence-corrected chi connectivity index (χ2v) is 5.06. The molecule has 2 aromatic heterocycles. The highest BCUT2D eigenvalue weighted by atomic mass is 35.5. The Balaban J connectivity index is 1.95. The molecule has 0 spiro atoms. The van der Waals surface area contributed by atoms with Gasteiger partial charge in [-0.05, 0) is 6.07 Å². The van der Waals surface area contributed by atoms with Crippen LogP contribution >= 0.6 is 22.9 Å². The van der Waals surface area contributed by atoms with Gasteiger partial charge < -0.3 is 5.32 Å². The first-order valence-electron chi connectivity index (χ1n) is 5.50. The van der Waals surface area contributed by atoms with Crippen molar-refractivity contribution in [3.63, 3.8) is 0 Å². The van der Waals surface area contributed by atoms with Gasteiger partial charge in [-0.25, -0.2) is 9.97 Å². The van der Waals surface area contributed by atoms with Crippen molar-refractivity contribution in [1.82, 2.24) is 9.97 Å². The number of halogens is 1. The zero-order valence-electron chi connectivity index (χ0n) is 9.63. The van der Waals surface area contributed by atoms with Crippen LogP contribution in [0.2, 0.25) is 5.15 Å². The molecule has 0 aliphatic rings. The molecule has 0 fully saturated rings. The van der Waals surface area contributed by atoms with E-state index >= 15 is 0 Å². The molecule has 1 amide bonds. The average molecular weight is 290 g/mol. The summed E-state index contributed by atoms with van der Waals surface area (Å²) in [5, 5.41) is 5.59. The summed E-state index contributed by atoms with van der Waals surface area (Å²) in [6.45, 7) is 0. The number of anilines is 1. The van der Waals surface area contributed by atoms with Gasteiger partial charge in [-0.2, -0.15) is 0 Å². The quantitative estimate of drug-likeness (QED) is 0.784. The van der Waals surface area contributed by atoms with Gasteiger partial charge in [-0.3, -0.25) is 4.79 Å². The first-order valence-corrected chi connectivity index (χ1v) is 6.75. The standard InChI is InChI=1S/C13H8ClN3OS/c14-11-12(16-6-5-15-11)17-13(18)9-7-19-10-4-2-1-3-8(9)10/h1-7H,(H,16,17,18). The molecular weight excluding hydrogens is 282 g/mol. The number of benzene rings is 1. The Morgan fingerprint density at radius 1 is 1.21 bits per heavy atom. The minimum absolute atomic E-state index is 0.176. The summed E-state index contributed by atoms with van der Waals surface area (Å²) in [5.74, 6) is 0.0318. The number of nitrogens with zero attached hydrogens (tertiary/aromatic N) is 2. The van der Waals surface area contributed by atoms with E-state index in [0.29, 0.717) is 5.56 Å². The first kappa shape index (κ1) is 12.1. The molecule has 0 atom stereocenters. The maximum absolute atomic E-state index is 12.2. The van der Waals surface area contributed by atoms with Crippen LogP contribution in [0.25, 0.3) is 10.1 Å². The lowest BCUT2D eigenvalue weighted by Gasteiger charge is -2.04. The lowest BCUT2D eigenvalue weighted by Crippen LogP contribution is -2.13. The molecule has 0 bridgehead atoms. The summed E-state index contributed by atoms with van der Waals surface area (Å²) < 4.78 is 1.07. The van der Waals surface area contributed by atoms with Crippen LogP contribution in [-0.2, 0) is 0 Å². The largest absolute Gasteiger partial charge is 0.304 e. The van der Waals surface area contributed by atoms with E-state index < -0.39 is 0 Å². The molecule has 0 unspecified atom stereocenters. The van der Waals surface area contributed by atoms with Crippen LogP contribution < -0.4 is 5.32 Å². The highest BCUT2D eigenvalue weighted by Crippen LogP contribution is 2.26. The van der Waals surface area contributed by atoms with E-state index in [4.69, 9.17) is 11.6 Å². The number of amides is 1. The van der Waals surface area contributed by atoms with Crippen molar-refractivity contribution < 1.29 is 4.79 Å². The van der Waals surface area contributed by atoms with E-state index in [9.17, 15) is 4.79 Å². The highest BCUT2D eigenvalue weighted by molar-refractivity contribution is 7.17. The number of fused-ring (bicyclic) bond motifs is 1. The molecule has 3 aromatic rings. The van der Waals surface area contributed by atoms with Gasteiger partial charge in [-0.1, -0.05) is 29.8 Å². The van der Waals surface area contributed by atoms with Crippen LogP contribution in [0.3, 0.4) is 0 Å². The number of hydrogen-bond donors (Lipinski definition) is 1. The topological polar surface area (TPSA) is 54.9 Å². The SMILES string of the molecule is O=C(Nc1nccnc1Cl)c1csc2ccccc12. The summed E-state index contributed by atoms with van der Waals surface area (Å²) in [5.41, 5.74) is 0.613. The van der Waals surface area contributed by atoms with Gasteiger partial charge in [0.2, 0.25) is 0 Å². The van der Waals surface area contributed by atoms with Gasteiger partial charge in [-0.15, -0.1) is 11.3 Å². The first-order chi connectivity index (χ1) is 9.25. The van der Waals surface area contributed by atoms with E-state index in [1.54, 1.807) is 0 Å². The molecule has 0 aliphatic carbocycles. The molecule has 3 rings (SSSR count). The van der Waals surface area contributed by atoms with E-state index in [-0.39, 0.29) is 16.9 Å². The third-order valence-electron chi connectivity index (χ3n) is 2.61. The van der Waals surface area contributed by atoms with Gasteiger partial charge in [0.25, 0.3) is 5.91 Å². The third-order valence-corrected chi connectivity index (χ3v) is 3.85. The molecule has 6 heteroatoms. The lowest BCUT2D eigenvalue weighted by molar-refractivity contribution is 0.102. The predicted octanol–water partition coefficient (Wildman–Crippen LogP) is 3.60. The van der Waals surface area contributed by atoms with Gasteiger partial charge in [0.05, 0.1) is 5.56 Å². The number of rotatable bonds is 2. The second kappa shape index (κ2) is 4.95. The van der Waals surface area contributed by atoms with Crippen LogP contribution in [0, 0.1) is 0 Å². The van der Waals surface area contributed by atoms with Crippen molar-refractivity contribution in [1.29, 1.82) is 0 Å². The van der Waals surface area contributed by atoms with Crippen molar-refractivity contribution in [2.45, 2.75) is 0 Å². The minimum Gasteiger partial charge on any atom is -0.304 e. The lowest BCUT2D eigenvalue weighted by atomic mass is 10.2. The Hall–Kier alpha value is -1.98. The molecule has 0 saturated heterocycles. The molecular formula is C13H8ClN3OS. The van der Waals surface area contributed by atoms with Gasteiger partial charge in [0.15, 0.2) is 11.0 Å². The molecule has 4 nitrogen and oxygen atoms in total. The maximum Gasteiger partial charge on any atom is 0.258 e. The fourth-order valence-corrected chi connectivity index (χ4v) is 2.83. The molecule has 0 radical (unpaired) electrons. The Kier molecular flexibility index (Phi) is 3.15. The molecule has 1 aromatic carbocycles. The summed E-state index contributed by atoms with van der Waals surface area (Å²) in [6, 6.07) is 7.74. The number of thiophene rings is 1. The minimum atomic E-state index is -0.236. The second-order valence-electron chi connectivity index (χ2n) is 3.80. The third kappa shape index (κ3) is 2.30. The summed E-state index contributed by atoms with van der Waals surface area (Å²) in [7, 11) is 0. The van der Waals surface area contributed by atoms with Crippen LogP contribution in [0.5, 0.6) is 0 Å². The van der Waals surface area contributed by atoms with Crippen LogP contribution in [0.1, 0.15) is 10.4 Å². The Bertz CT molecular complexity index is 756. The van der Waals surface area contributed by atoms with Crippen LogP contribution in [-0.4, -0.2) is 15.9 Å². The molecule has 94 valence electrons. The zero-order valence-corrected chi connectivity index (χ0v) is 11.2. The highest BCUT2D eigenvalue weighted by Gasteiger charge is 2.14. The van der Waals surface area contributed by atoms with E-state index in [1.807, 2.05) is 29.6 Å². The Morgan fingerprint density at radius 3 is 2.84 bits per heavy atom. The van der Waals surface area contributed by atoms with Crippen LogP contribution in [0.4, 0.5) is 5.82 Å². The van der Waals surface area contributed by atoms with Gasteiger partial charge >= 0.3 is 0 Å². The fraction of sp³-hybridized carbons (Fsp3) is 0. The fourth-order valence-electron chi connectivity index (χ4n) is 1.73. The normalized spacial score (nSPS) is 10.6. The van der Waals surface area contributed by atoms with Crippen molar-refractivity contribution in [2.75, 3.05) is 5.32 Å². The van der Waals surface area contributed by atoms with E-state index in [0.717, 1.165) is 10.1 Å². The molecule has 0 saturated carbocycles. The van der Waals surface area contributed by atoms with Crippen molar-refractivity contribution >= 4 is 44.7 Å². The van der Waals surface area contributed by atoms with Crippen molar-refractivity contribution in [3.05, 3.63) is 52.8 Å². The van der Waals surface area contributed by atoms with Gasteiger partial charge in [0.1, 0.15) is 0 Å². The number of nitrogens with one attached hydrogen (secondary N) is 1. The number of carbonyl (C=O) groups excluding carboxylic acids is 1. The Labute approximate surface area is 118 Å². The molecule has 1 N–H and O–H groups in total. The Morgan fingerprint density at radius 2 is 2.00 bits per heavy atom. The predicted molar refractivity (Wildman–Crippen MR) is 76.8 cm³/mol. The van der Waals surface area contributed by atoms with Crippen molar-refractivity contribution in [3.8, 4) is 0 Å². The number of hydrogen-bond acceptors (Lipinski definition) is 4. The smallest absolute Gasteiger partial charge is 0.258 e. The molecule has 19 heavy (non-hydrogen) atoms. The van der Waals surface area contributed by atoms with Crippen molar-refractivity contribution in [2.24, 2.45) is 0 Å². The average Bonchev–Trinajstić information content (AvgIpc) is 2.85. The summed E-state index contributed by atoms with van der Waals surface area (Å²) >= 11 is 7.39. The summed E-state index contributed by atoms with van der Waals surface area (Å²) in [6.07, 6.45) is 2.95. The van der Waals surface area contributed by atoms with E-state index in [2.05, 4.69) is 15.3 Å². The number of carbonyl (C=O) groups is 1. The zero-order chi connectivity index (χ0) is 13.2. The van der Waals surface area contributed by atoms with Crippen LogP contribution in [0.15, 0.2) is 42.0 Å². The number of aromatic nitrogens is 2. The van der Waals surface area contributed by atoms with Gasteiger partial charge in [0, 0.05) is 27.9 Å². The van der Waals surface area contributed by atoms with E-state index in [1.165, 1.54) is 23.7 Å². The maximum atomic E-state index is 12.2. The monoisotopic (exact) mass is 289 g/mol.